The molecule has 2 heterocycles. The van der Waals surface area contributed by atoms with Crippen molar-refractivity contribution in [1.29, 1.82) is 5.26 Å². The quantitative estimate of drug-likeness (QED) is 0.881. The van der Waals surface area contributed by atoms with E-state index in [9.17, 15) is 13.7 Å². The second-order valence-corrected chi connectivity index (χ2v) is 8.96. The van der Waals surface area contributed by atoms with Crippen molar-refractivity contribution in [2.75, 3.05) is 18.0 Å². The van der Waals surface area contributed by atoms with Gasteiger partial charge in [0.15, 0.2) is 0 Å². The zero-order valence-corrected chi connectivity index (χ0v) is 15.4. The van der Waals surface area contributed by atoms with Crippen LogP contribution in [-0.4, -0.2) is 37.8 Å². The molecule has 8 heteroatoms. The van der Waals surface area contributed by atoms with Crippen LogP contribution in [0.3, 0.4) is 0 Å². The third-order valence-electron chi connectivity index (χ3n) is 4.65. The molecular formula is C16H21ClN4O2S. The molecule has 6 nitrogen and oxygen atoms in total. The monoisotopic (exact) mass is 368 g/mol. The summed E-state index contributed by atoms with van der Waals surface area (Å²) in [6, 6.07) is 2.05. The van der Waals surface area contributed by atoms with Gasteiger partial charge in [-0.2, -0.15) is 5.26 Å². The lowest BCUT2D eigenvalue weighted by atomic mass is 10.0. The molecule has 0 aromatic carbocycles. The average molecular weight is 369 g/mol. The van der Waals surface area contributed by atoms with Crippen molar-refractivity contribution in [3.05, 3.63) is 21.8 Å². The fourth-order valence-electron chi connectivity index (χ4n) is 3.15. The SMILES string of the molecule is Cc1nc(N2CCCC(NS(=O)(=O)C3CC3)C2)c(C#N)c(C)c1Cl. The number of nitrogens with one attached hydrogen (secondary N) is 1. The predicted octanol–water partition coefficient (Wildman–Crippen LogP) is 2.27. The molecule has 1 aliphatic heterocycles. The van der Waals surface area contributed by atoms with Gasteiger partial charge in [0.2, 0.25) is 10.0 Å². The predicted molar refractivity (Wildman–Crippen MR) is 93.7 cm³/mol. The van der Waals surface area contributed by atoms with Crippen molar-refractivity contribution in [3.8, 4) is 6.07 Å². The number of piperidine rings is 1. The molecule has 1 aliphatic carbocycles. The molecule has 1 N–H and O–H groups in total. The van der Waals surface area contributed by atoms with Crippen molar-refractivity contribution < 1.29 is 8.42 Å². The molecule has 1 saturated heterocycles. The Balaban J connectivity index is 1.84. The van der Waals surface area contributed by atoms with Crippen molar-refractivity contribution in [3.63, 3.8) is 0 Å². The minimum absolute atomic E-state index is 0.144. The van der Waals surface area contributed by atoms with Gasteiger partial charge < -0.3 is 4.90 Å². The minimum Gasteiger partial charge on any atom is -0.354 e. The van der Waals surface area contributed by atoms with Crippen molar-refractivity contribution in [1.82, 2.24) is 9.71 Å². The summed E-state index contributed by atoms with van der Waals surface area (Å²) in [5.74, 6) is 0.604. The molecule has 130 valence electrons. The normalized spacial score (nSPS) is 21.6. The van der Waals surface area contributed by atoms with Crippen LogP contribution in [0.15, 0.2) is 0 Å². The van der Waals surface area contributed by atoms with Crippen LogP contribution in [0.4, 0.5) is 5.82 Å². The van der Waals surface area contributed by atoms with E-state index in [-0.39, 0.29) is 11.3 Å². The van der Waals surface area contributed by atoms with E-state index in [1.807, 2.05) is 18.7 Å². The Hall–Kier alpha value is -1.36. The molecule has 0 bridgehead atoms. The third-order valence-corrected chi connectivity index (χ3v) is 7.21. The number of pyridine rings is 1. The molecular weight excluding hydrogens is 348 g/mol. The van der Waals surface area contributed by atoms with Crippen LogP contribution >= 0.6 is 11.6 Å². The van der Waals surface area contributed by atoms with Crippen molar-refractivity contribution in [2.45, 2.75) is 50.8 Å². The molecule has 3 rings (SSSR count). The number of halogens is 1. The van der Waals surface area contributed by atoms with Crippen LogP contribution in [0.25, 0.3) is 0 Å². The number of hydrogen-bond donors (Lipinski definition) is 1. The third kappa shape index (κ3) is 3.37. The van der Waals surface area contributed by atoms with Gasteiger partial charge in [-0.1, -0.05) is 11.6 Å². The first-order chi connectivity index (χ1) is 11.3. The second kappa shape index (κ2) is 6.51. The fraction of sp³-hybridized carbons (Fsp3) is 0.625. The summed E-state index contributed by atoms with van der Waals surface area (Å²) >= 11 is 6.21. The zero-order valence-electron chi connectivity index (χ0n) is 13.8. The largest absolute Gasteiger partial charge is 0.354 e. The summed E-state index contributed by atoms with van der Waals surface area (Å²) in [7, 11) is -3.21. The molecule has 0 spiro atoms. The highest BCUT2D eigenvalue weighted by atomic mass is 35.5. The van der Waals surface area contributed by atoms with E-state index in [2.05, 4.69) is 15.8 Å². The van der Waals surface area contributed by atoms with E-state index in [0.717, 1.165) is 37.8 Å². The highest BCUT2D eigenvalue weighted by molar-refractivity contribution is 7.90. The van der Waals surface area contributed by atoms with Crippen molar-refractivity contribution >= 4 is 27.4 Å². The van der Waals surface area contributed by atoms with Gasteiger partial charge in [0, 0.05) is 19.1 Å². The number of nitriles is 1. The molecule has 1 saturated carbocycles. The van der Waals surface area contributed by atoms with Gasteiger partial charge in [-0.05, 0) is 45.1 Å². The Morgan fingerprint density at radius 1 is 1.33 bits per heavy atom. The minimum atomic E-state index is -3.21. The highest BCUT2D eigenvalue weighted by Crippen LogP contribution is 2.31. The molecule has 1 unspecified atom stereocenters. The lowest BCUT2D eigenvalue weighted by Gasteiger charge is -2.34. The van der Waals surface area contributed by atoms with Gasteiger partial charge >= 0.3 is 0 Å². The standard InChI is InChI=1S/C16H21ClN4O2S/c1-10-14(8-18)16(19-11(2)15(10)17)21-7-3-4-12(9-21)20-24(22,23)13-5-6-13/h12-13,20H,3-7,9H2,1-2H3. The Kier molecular flexibility index (Phi) is 4.73. The topological polar surface area (TPSA) is 86.1 Å². The van der Waals surface area contributed by atoms with Crippen LogP contribution in [-0.2, 0) is 10.0 Å². The molecule has 1 aromatic rings. The maximum absolute atomic E-state index is 12.2. The molecule has 2 fully saturated rings. The number of anilines is 1. The number of hydrogen-bond acceptors (Lipinski definition) is 5. The van der Waals surface area contributed by atoms with Crippen LogP contribution < -0.4 is 9.62 Å². The molecule has 1 atom stereocenters. The van der Waals surface area contributed by atoms with Crippen LogP contribution in [0, 0.1) is 25.2 Å². The Labute approximate surface area is 147 Å². The molecule has 0 amide bonds. The van der Waals surface area contributed by atoms with Gasteiger partial charge in [-0.15, -0.1) is 0 Å². The zero-order chi connectivity index (χ0) is 17.5. The Morgan fingerprint density at radius 3 is 2.67 bits per heavy atom. The summed E-state index contributed by atoms with van der Waals surface area (Å²) in [5, 5.41) is 9.78. The lowest BCUT2D eigenvalue weighted by molar-refractivity contribution is 0.463. The maximum Gasteiger partial charge on any atom is 0.214 e. The van der Waals surface area contributed by atoms with Gasteiger partial charge in [-0.25, -0.2) is 18.1 Å². The van der Waals surface area contributed by atoms with Crippen LogP contribution in [0.1, 0.15) is 42.5 Å². The smallest absolute Gasteiger partial charge is 0.214 e. The maximum atomic E-state index is 12.2. The Bertz CT molecular complexity index is 799. The van der Waals surface area contributed by atoms with E-state index in [1.54, 1.807) is 0 Å². The van der Waals surface area contributed by atoms with Gasteiger partial charge in [0.25, 0.3) is 0 Å². The molecule has 1 aromatic heterocycles. The fourth-order valence-corrected chi connectivity index (χ4v) is 4.89. The average Bonchev–Trinajstić information content (AvgIpc) is 3.37. The number of rotatable bonds is 4. The number of aromatic nitrogens is 1. The summed E-state index contributed by atoms with van der Waals surface area (Å²) in [6.45, 7) is 4.91. The van der Waals surface area contributed by atoms with Gasteiger partial charge in [-0.3, -0.25) is 0 Å². The van der Waals surface area contributed by atoms with E-state index < -0.39 is 10.0 Å². The Morgan fingerprint density at radius 2 is 2.04 bits per heavy atom. The molecule has 2 aliphatic rings. The van der Waals surface area contributed by atoms with E-state index in [1.165, 1.54) is 0 Å². The van der Waals surface area contributed by atoms with E-state index >= 15 is 0 Å². The summed E-state index contributed by atoms with van der Waals surface area (Å²) in [5.41, 5.74) is 1.88. The van der Waals surface area contributed by atoms with E-state index in [0.29, 0.717) is 28.6 Å². The molecule has 24 heavy (non-hydrogen) atoms. The van der Waals surface area contributed by atoms with Crippen LogP contribution in [0.2, 0.25) is 5.02 Å². The van der Waals surface area contributed by atoms with Gasteiger partial charge in [0.1, 0.15) is 11.9 Å². The van der Waals surface area contributed by atoms with Crippen LogP contribution in [0.5, 0.6) is 0 Å². The summed E-state index contributed by atoms with van der Waals surface area (Å²) < 4.78 is 27.2. The van der Waals surface area contributed by atoms with Crippen molar-refractivity contribution in [2.24, 2.45) is 0 Å². The van der Waals surface area contributed by atoms with E-state index in [4.69, 9.17) is 11.6 Å². The first kappa shape index (κ1) is 17.5. The first-order valence-corrected chi connectivity index (χ1v) is 10.1. The number of sulfonamides is 1. The summed E-state index contributed by atoms with van der Waals surface area (Å²) in [6.07, 6.45) is 3.16. The lowest BCUT2D eigenvalue weighted by Crippen LogP contribution is -2.49. The van der Waals surface area contributed by atoms with Gasteiger partial charge in [0.05, 0.1) is 21.5 Å². The highest BCUT2D eigenvalue weighted by Gasteiger charge is 2.38. The number of nitrogens with zero attached hydrogens (tertiary/aromatic N) is 3. The first-order valence-electron chi connectivity index (χ1n) is 8.16. The molecule has 0 radical (unpaired) electrons. The summed E-state index contributed by atoms with van der Waals surface area (Å²) in [4.78, 5) is 6.50. The number of aryl methyl sites for hydroxylation is 1. The second-order valence-electron chi connectivity index (χ2n) is 6.59.